The van der Waals surface area contributed by atoms with Crippen LogP contribution in [0.5, 0.6) is 0 Å². The van der Waals surface area contributed by atoms with Crippen molar-refractivity contribution in [2.24, 2.45) is 0 Å². The maximum absolute atomic E-state index is 12.2. The van der Waals surface area contributed by atoms with E-state index in [4.69, 9.17) is 29.2 Å². The van der Waals surface area contributed by atoms with Gasteiger partial charge in [0.25, 0.3) is 0 Å². The Morgan fingerprint density at radius 2 is 1.13 bits per heavy atom. The summed E-state index contributed by atoms with van der Waals surface area (Å²) in [7, 11) is 7.55. The topological polar surface area (TPSA) is 242 Å². The van der Waals surface area contributed by atoms with Crippen LogP contribution < -0.4 is 9.80 Å². The SMILES string of the molecule is CN(C)c1ccc(C(=O)O)cc1.CN(C)c1ccc(C(=O)OC[C@H](O)[C@H]2OC(=O)C(O)=C2O)cc1.O=C1OC(C(O)CO)C(OCc2ccccc2)=C1OCc1ccccc1. The first-order chi connectivity index (χ1) is 29.1. The summed E-state index contributed by atoms with van der Waals surface area (Å²) in [6, 6.07) is 32.1. The number of hydrogen-bond donors (Lipinski definition) is 6. The van der Waals surface area contributed by atoms with Crippen LogP contribution in [0.25, 0.3) is 0 Å². The number of ether oxygens (including phenoxy) is 5. The molecule has 4 aromatic carbocycles. The first-order valence-electron chi connectivity index (χ1n) is 18.6. The van der Waals surface area contributed by atoms with E-state index < -0.39 is 73.0 Å². The van der Waals surface area contributed by atoms with Gasteiger partial charge in [-0.1, -0.05) is 60.7 Å². The number of hydrogen-bond acceptors (Lipinski definition) is 16. The average molecular weight is 845 g/mol. The van der Waals surface area contributed by atoms with Crippen molar-refractivity contribution in [3.05, 3.63) is 154 Å². The summed E-state index contributed by atoms with van der Waals surface area (Å²) in [5.74, 6) is -5.16. The van der Waals surface area contributed by atoms with Crippen molar-refractivity contribution < 1.29 is 73.5 Å². The predicted octanol–water partition coefficient (Wildman–Crippen LogP) is 3.88. The Hall–Kier alpha value is -7.08. The molecular weight excluding hydrogens is 796 g/mol. The largest absolute Gasteiger partial charge is 0.505 e. The van der Waals surface area contributed by atoms with Crippen molar-refractivity contribution in [2.75, 3.05) is 51.2 Å². The summed E-state index contributed by atoms with van der Waals surface area (Å²) in [6.07, 6.45) is -5.33. The van der Waals surface area contributed by atoms with Gasteiger partial charge < -0.3 is 64.1 Å². The van der Waals surface area contributed by atoms with Gasteiger partial charge in [0.1, 0.15) is 32.0 Å². The first kappa shape index (κ1) is 46.6. The van der Waals surface area contributed by atoms with Crippen LogP contribution in [-0.4, -0.2) is 120 Å². The number of anilines is 2. The number of aliphatic hydroxyl groups excluding tert-OH is 5. The normalized spacial score (nSPS) is 16.4. The monoisotopic (exact) mass is 844 g/mol. The Morgan fingerprint density at radius 3 is 1.57 bits per heavy atom. The maximum Gasteiger partial charge on any atom is 0.378 e. The van der Waals surface area contributed by atoms with Crippen molar-refractivity contribution in [3.63, 3.8) is 0 Å². The number of esters is 3. The number of aliphatic hydroxyl groups is 5. The second kappa shape index (κ2) is 22.3. The Labute approximate surface area is 351 Å². The highest BCUT2D eigenvalue weighted by Gasteiger charge is 2.42. The third-order valence-electron chi connectivity index (χ3n) is 8.83. The molecule has 0 spiro atoms. The molecule has 0 saturated carbocycles. The van der Waals surface area contributed by atoms with E-state index in [0.29, 0.717) is 5.56 Å². The molecule has 324 valence electrons. The molecule has 4 atom stereocenters. The predicted molar refractivity (Wildman–Crippen MR) is 219 cm³/mol. The molecule has 0 bridgehead atoms. The van der Waals surface area contributed by atoms with Crippen LogP contribution in [0.4, 0.5) is 11.4 Å². The van der Waals surface area contributed by atoms with Gasteiger partial charge in [0.05, 0.1) is 17.7 Å². The third kappa shape index (κ3) is 13.2. The van der Waals surface area contributed by atoms with Gasteiger partial charge in [-0.15, -0.1) is 0 Å². The number of cyclic esters (lactones) is 2. The Kier molecular flexibility index (Phi) is 17.1. The molecule has 2 unspecified atom stereocenters. The van der Waals surface area contributed by atoms with Gasteiger partial charge in [0.15, 0.2) is 23.7 Å². The van der Waals surface area contributed by atoms with Crippen molar-refractivity contribution >= 4 is 35.3 Å². The van der Waals surface area contributed by atoms with Gasteiger partial charge in [-0.05, 0) is 59.7 Å². The van der Waals surface area contributed by atoms with Crippen LogP contribution in [-0.2, 0) is 46.5 Å². The minimum absolute atomic E-state index is 0.0812. The molecule has 0 saturated heterocycles. The number of carboxylic acids is 1. The first-order valence-corrected chi connectivity index (χ1v) is 18.6. The molecule has 0 fully saturated rings. The minimum atomic E-state index is -1.49. The molecule has 17 nitrogen and oxygen atoms in total. The highest BCUT2D eigenvalue weighted by atomic mass is 16.6. The number of aromatic carboxylic acids is 1. The van der Waals surface area contributed by atoms with Gasteiger partial charge in [-0.3, -0.25) is 0 Å². The average Bonchev–Trinajstić information content (AvgIpc) is 3.73. The van der Waals surface area contributed by atoms with Gasteiger partial charge in [0.2, 0.25) is 11.5 Å². The summed E-state index contributed by atoms with van der Waals surface area (Å²) in [5, 5.41) is 56.2. The maximum atomic E-state index is 12.2. The molecule has 0 amide bonds. The summed E-state index contributed by atoms with van der Waals surface area (Å²) < 4.78 is 26.0. The van der Waals surface area contributed by atoms with Crippen molar-refractivity contribution in [3.8, 4) is 0 Å². The van der Waals surface area contributed by atoms with Gasteiger partial charge >= 0.3 is 23.9 Å². The van der Waals surface area contributed by atoms with E-state index in [9.17, 15) is 39.6 Å². The van der Waals surface area contributed by atoms with Gasteiger partial charge in [-0.2, -0.15) is 0 Å². The van der Waals surface area contributed by atoms with E-state index in [-0.39, 0.29) is 30.3 Å². The zero-order valence-electron chi connectivity index (χ0n) is 33.8. The molecule has 61 heavy (non-hydrogen) atoms. The zero-order chi connectivity index (χ0) is 44.6. The summed E-state index contributed by atoms with van der Waals surface area (Å²) in [6.45, 7) is -0.739. The van der Waals surface area contributed by atoms with Crippen LogP contribution in [0.15, 0.2) is 132 Å². The molecule has 2 aliphatic rings. The quantitative estimate of drug-likeness (QED) is 0.0735. The number of carbonyl (C=O) groups excluding carboxylic acids is 3. The van der Waals surface area contributed by atoms with Crippen LogP contribution in [0.2, 0.25) is 0 Å². The summed E-state index contributed by atoms with van der Waals surface area (Å²) >= 11 is 0. The second-order valence-electron chi connectivity index (χ2n) is 13.7. The van der Waals surface area contributed by atoms with Crippen molar-refractivity contribution in [1.29, 1.82) is 0 Å². The molecule has 6 rings (SSSR count). The summed E-state index contributed by atoms with van der Waals surface area (Å²) in [5.41, 5.74) is 4.28. The Bertz CT molecular complexity index is 2140. The van der Waals surface area contributed by atoms with Crippen LogP contribution in [0.1, 0.15) is 31.8 Å². The molecule has 0 aromatic heterocycles. The van der Waals surface area contributed by atoms with Crippen LogP contribution >= 0.6 is 0 Å². The number of nitrogens with zero attached hydrogens (tertiary/aromatic N) is 2. The molecule has 6 N–H and O–H groups in total. The van der Waals surface area contributed by atoms with E-state index >= 15 is 0 Å². The highest BCUT2D eigenvalue weighted by molar-refractivity contribution is 5.91. The number of rotatable bonds is 15. The Morgan fingerprint density at radius 1 is 0.656 bits per heavy atom. The molecule has 4 aromatic rings. The molecule has 17 heteroatoms. The zero-order valence-corrected chi connectivity index (χ0v) is 33.8. The van der Waals surface area contributed by atoms with Crippen LogP contribution in [0, 0.1) is 0 Å². The fourth-order valence-corrected chi connectivity index (χ4v) is 5.40. The van der Waals surface area contributed by atoms with E-state index in [1.54, 1.807) is 48.5 Å². The standard InChI is InChI=1S/C20H20O6.C15H17NO7.C9H11NO2/c21-11-16(22)17-18(24-12-14-7-3-1-4-8-14)19(20(23)26-17)25-13-15-9-5-2-6-10-15;1-16(2)9-5-3-8(4-6-9)14(20)22-7-10(17)13-11(18)12(19)15(21)23-13;1-10(2)8-5-3-7(4-6-8)9(11)12/h1-10,16-17,21-22H,11-13H2;3-6,10,13,17-19H,7H2,1-2H3;3-6H,1-2H3,(H,11,12)/t;10-,13+;/m.0./s1. The fourth-order valence-electron chi connectivity index (χ4n) is 5.40. The van der Waals surface area contributed by atoms with Crippen molar-refractivity contribution in [2.45, 2.75) is 37.6 Å². The van der Waals surface area contributed by atoms with Gasteiger partial charge in [0, 0.05) is 39.6 Å². The lowest BCUT2D eigenvalue weighted by atomic mass is 10.1. The van der Waals surface area contributed by atoms with E-state index in [1.165, 1.54) is 0 Å². The molecule has 2 aliphatic heterocycles. The lowest BCUT2D eigenvalue weighted by Crippen LogP contribution is -2.33. The molecule has 0 aliphatic carbocycles. The number of benzene rings is 4. The highest BCUT2D eigenvalue weighted by Crippen LogP contribution is 2.29. The fraction of sp³-hybridized carbons (Fsp3) is 0.273. The van der Waals surface area contributed by atoms with Crippen LogP contribution in [0.3, 0.4) is 0 Å². The summed E-state index contributed by atoms with van der Waals surface area (Å²) in [4.78, 5) is 49.3. The van der Waals surface area contributed by atoms with E-state index in [0.717, 1.165) is 22.5 Å². The Balaban J connectivity index is 0.000000215. The third-order valence-corrected chi connectivity index (χ3v) is 8.83. The molecule has 0 radical (unpaired) electrons. The van der Waals surface area contributed by atoms with E-state index in [2.05, 4.69) is 4.74 Å². The number of carbonyl (C=O) groups is 4. The number of carboxylic acid groups (broad SMARTS) is 1. The molecule has 2 heterocycles. The smallest absolute Gasteiger partial charge is 0.378 e. The van der Waals surface area contributed by atoms with Gasteiger partial charge in [-0.25, -0.2) is 19.2 Å². The molecular formula is C44H48N2O15. The van der Waals surface area contributed by atoms with E-state index in [1.807, 2.05) is 98.7 Å². The second-order valence-corrected chi connectivity index (χ2v) is 13.7. The minimum Gasteiger partial charge on any atom is -0.505 e. The van der Waals surface area contributed by atoms with Crippen molar-refractivity contribution in [1.82, 2.24) is 0 Å². The lowest BCUT2D eigenvalue weighted by molar-refractivity contribution is -0.149. The lowest BCUT2D eigenvalue weighted by Gasteiger charge is -2.18.